The minimum Gasteiger partial charge on any atom is -0.373 e. The highest BCUT2D eigenvalue weighted by molar-refractivity contribution is 5.77. The third kappa shape index (κ3) is 2.25. The van der Waals surface area contributed by atoms with Crippen molar-refractivity contribution in [1.29, 1.82) is 0 Å². The second kappa shape index (κ2) is 5.13. The second-order valence-corrected chi connectivity index (χ2v) is 4.45. The number of aromatic nitrogens is 3. The van der Waals surface area contributed by atoms with E-state index in [9.17, 15) is 4.79 Å². The van der Waals surface area contributed by atoms with Crippen molar-refractivity contribution in [3.8, 4) is 0 Å². The maximum Gasteiger partial charge on any atom is 0.207 e. The van der Waals surface area contributed by atoms with E-state index >= 15 is 0 Å². The summed E-state index contributed by atoms with van der Waals surface area (Å²) < 4.78 is 1.79. The first kappa shape index (κ1) is 12.3. The van der Waals surface area contributed by atoms with Crippen LogP contribution in [0.2, 0.25) is 0 Å². The highest BCUT2D eigenvalue weighted by Gasteiger charge is 2.05. The normalized spacial score (nSPS) is 10.7. The van der Waals surface area contributed by atoms with Crippen LogP contribution in [0.5, 0.6) is 0 Å². The Hall–Kier alpha value is -2.69. The summed E-state index contributed by atoms with van der Waals surface area (Å²) in [4.78, 5) is 16.2. The maximum atomic E-state index is 11.8. The second-order valence-electron chi connectivity index (χ2n) is 4.45. The van der Waals surface area contributed by atoms with Gasteiger partial charge in [0.05, 0.1) is 24.0 Å². The van der Waals surface area contributed by atoms with Crippen molar-refractivity contribution in [2.45, 2.75) is 6.54 Å². The fourth-order valence-corrected chi connectivity index (χ4v) is 2.15. The van der Waals surface area contributed by atoms with Crippen LogP contribution in [0.3, 0.4) is 0 Å². The lowest BCUT2D eigenvalue weighted by Gasteiger charge is -2.09. The first-order valence-corrected chi connectivity index (χ1v) is 6.36. The van der Waals surface area contributed by atoms with Crippen LogP contribution in [-0.4, -0.2) is 21.8 Å². The molecule has 0 aliphatic carbocycles. The molecule has 0 unspecified atom stereocenters. The SMILES string of the molecule is CNc1cccc(Cn2ncc(=O)c3ccccc32)n1. The molecule has 5 heteroatoms. The van der Waals surface area contributed by atoms with Gasteiger partial charge in [-0.15, -0.1) is 0 Å². The smallest absolute Gasteiger partial charge is 0.207 e. The highest BCUT2D eigenvalue weighted by Crippen LogP contribution is 2.11. The quantitative estimate of drug-likeness (QED) is 0.786. The zero-order valence-electron chi connectivity index (χ0n) is 11.1. The molecule has 0 radical (unpaired) electrons. The molecule has 3 rings (SSSR count). The van der Waals surface area contributed by atoms with Crippen molar-refractivity contribution < 1.29 is 0 Å². The Kier molecular flexibility index (Phi) is 3.16. The predicted molar refractivity (Wildman–Crippen MR) is 78.9 cm³/mol. The van der Waals surface area contributed by atoms with E-state index in [1.165, 1.54) is 6.20 Å². The van der Waals surface area contributed by atoms with Crippen LogP contribution >= 0.6 is 0 Å². The van der Waals surface area contributed by atoms with Crippen LogP contribution in [-0.2, 0) is 6.54 Å². The van der Waals surface area contributed by atoms with Gasteiger partial charge in [0, 0.05) is 12.4 Å². The van der Waals surface area contributed by atoms with E-state index < -0.39 is 0 Å². The highest BCUT2D eigenvalue weighted by atomic mass is 16.1. The Bertz CT molecular complexity index is 810. The molecule has 0 aliphatic rings. The molecule has 0 atom stereocenters. The van der Waals surface area contributed by atoms with Crippen LogP contribution in [0.15, 0.2) is 53.5 Å². The molecule has 2 aromatic heterocycles. The summed E-state index contributed by atoms with van der Waals surface area (Å²) in [5, 5.41) is 7.88. The fourth-order valence-electron chi connectivity index (χ4n) is 2.15. The number of rotatable bonds is 3. The van der Waals surface area contributed by atoms with Crippen molar-refractivity contribution in [2.75, 3.05) is 12.4 Å². The van der Waals surface area contributed by atoms with Gasteiger partial charge in [0.15, 0.2) is 0 Å². The summed E-state index contributed by atoms with van der Waals surface area (Å²) in [6, 6.07) is 13.2. The van der Waals surface area contributed by atoms with Crippen molar-refractivity contribution >= 4 is 16.7 Å². The number of anilines is 1. The van der Waals surface area contributed by atoms with E-state index in [0.29, 0.717) is 11.9 Å². The van der Waals surface area contributed by atoms with Crippen molar-refractivity contribution in [3.05, 3.63) is 64.6 Å². The van der Waals surface area contributed by atoms with Gasteiger partial charge in [-0.3, -0.25) is 9.48 Å². The summed E-state index contributed by atoms with van der Waals surface area (Å²) in [7, 11) is 1.83. The predicted octanol–water partition coefficient (Wildman–Crippen LogP) is 1.88. The number of nitrogens with one attached hydrogen (secondary N) is 1. The summed E-state index contributed by atoms with van der Waals surface area (Å²) in [5.74, 6) is 0.813. The van der Waals surface area contributed by atoms with Crippen molar-refractivity contribution in [1.82, 2.24) is 14.8 Å². The van der Waals surface area contributed by atoms with Gasteiger partial charge < -0.3 is 5.32 Å². The Morgan fingerprint density at radius 3 is 2.85 bits per heavy atom. The number of hydrogen-bond acceptors (Lipinski definition) is 4. The van der Waals surface area contributed by atoms with Gasteiger partial charge >= 0.3 is 0 Å². The third-order valence-corrected chi connectivity index (χ3v) is 3.14. The standard InChI is InChI=1S/C15H14N4O/c1-16-15-8-4-5-11(18-15)10-19-13-7-3-2-6-12(13)14(20)9-17-19/h2-9H,10H2,1H3,(H,16,18). The fraction of sp³-hybridized carbons (Fsp3) is 0.133. The molecule has 100 valence electrons. The van der Waals surface area contributed by atoms with Crippen molar-refractivity contribution in [3.63, 3.8) is 0 Å². The van der Waals surface area contributed by atoms with Gasteiger partial charge in [-0.2, -0.15) is 5.10 Å². The van der Waals surface area contributed by atoms with Gasteiger partial charge in [-0.1, -0.05) is 18.2 Å². The van der Waals surface area contributed by atoms with Gasteiger partial charge in [0.1, 0.15) is 5.82 Å². The average molecular weight is 266 g/mol. The molecule has 0 bridgehead atoms. The molecule has 2 heterocycles. The lowest BCUT2D eigenvalue weighted by Crippen LogP contribution is -2.13. The molecular formula is C15H14N4O. The third-order valence-electron chi connectivity index (χ3n) is 3.14. The summed E-state index contributed by atoms with van der Waals surface area (Å²) >= 11 is 0. The molecular weight excluding hydrogens is 252 g/mol. The summed E-state index contributed by atoms with van der Waals surface area (Å²) in [5.41, 5.74) is 1.64. The lowest BCUT2D eigenvalue weighted by atomic mass is 10.2. The van der Waals surface area contributed by atoms with Gasteiger partial charge in [-0.25, -0.2) is 4.98 Å². The number of nitrogens with zero attached hydrogens (tertiary/aromatic N) is 3. The molecule has 0 fully saturated rings. The molecule has 20 heavy (non-hydrogen) atoms. The van der Waals surface area contributed by atoms with E-state index in [2.05, 4.69) is 15.4 Å². The van der Waals surface area contributed by atoms with E-state index in [0.717, 1.165) is 17.0 Å². The Morgan fingerprint density at radius 1 is 1.15 bits per heavy atom. The number of pyridine rings is 1. The van der Waals surface area contributed by atoms with E-state index in [-0.39, 0.29) is 5.43 Å². The Morgan fingerprint density at radius 2 is 2.00 bits per heavy atom. The maximum absolute atomic E-state index is 11.8. The molecule has 5 nitrogen and oxygen atoms in total. The molecule has 0 saturated carbocycles. The molecule has 3 aromatic rings. The van der Waals surface area contributed by atoms with Crippen LogP contribution in [0.25, 0.3) is 10.9 Å². The zero-order chi connectivity index (χ0) is 13.9. The number of para-hydroxylation sites is 1. The van der Waals surface area contributed by atoms with Gasteiger partial charge in [0.25, 0.3) is 0 Å². The first-order chi connectivity index (χ1) is 9.78. The zero-order valence-corrected chi connectivity index (χ0v) is 11.1. The Balaban J connectivity index is 2.07. The van der Waals surface area contributed by atoms with E-state index in [4.69, 9.17) is 0 Å². The molecule has 1 aromatic carbocycles. The van der Waals surface area contributed by atoms with Crippen LogP contribution in [0, 0.1) is 0 Å². The van der Waals surface area contributed by atoms with Crippen LogP contribution in [0.1, 0.15) is 5.69 Å². The largest absolute Gasteiger partial charge is 0.373 e. The number of benzene rings is 1. The van der Waals surface area contributed by atoms with E-state index in [1.54, 1.807) is 4.68 Å². The first-order valence-electron chi connectivity index (χ1n) is 6.36. The van der Waals surface area contributed by atoms with Gasteiger partial charge in [0.2, 0.25) is 5.43 Å². The number of fused-ring (bicyclic) bond motifs is 1. The molecule has 0 spiro atoms. The molecule has 0 saturated heterocycles. The lowest BCUT2D eigenvalue weighted by molar-refractivity contribution is 0.681. The molecule has 1 N–H and O–H groups in total. The average Bonchev–Trinajstić information content (AvgIpc) is 2.51. The van der Waals surface area contributed by atoms with Crippen LogP contribution < -0.4 is 10.7 Å². The molecule has 0 aliphatic heterocycles. The minimum atomic E-state index is -0.0613. The van der Waals surface area contributed by atoms with Crippen LogP contribution in [0.4, 0.5) is 5.82 Å². The summed E-state index contributed by atoms with van der Waals surface area (Å²) in [6.45, 7) is 0.524. The Labute approximate surface area is 115 Å². The molecule has 0 amide bonds. The summed E-state index contributed by atoms with van der Waals surface area (Å²) in [6.07, 6.45) is 1.35. The number of hydrogen-bond donors (Lipinski definition) is 1. The monoisotopic (exact) mass is 266 g/mol. The topological polar surface area (TPSA) is 59.8 Å². The van der Waals surface area contributed by atoms with E-state index in [1.807, 2.05) is 49.5 Å². The minimum absolute atomic E-state index is 0.0613. The van der Waals surface area contributed by atoms with Crippen molar-refractivity contribution in [2.24, 2.45) is 0 Å². The van der Waals surface area contributed by atoms with Gasteiger partial charge in [-0.05, 0) is 24.3 Å².